The lowest BCUT2D eigenvalue weighted by molar-refractivity contribution is 0.442. The maximum absolute atomic E-state index is 13.2. The molecule has 21 heavy (non-hydrogen) atoms. The molecule has 0 aliphatic carbocycles. The van der Waals surface area contributed by atoms with E-state index in [1.54, 1.807) is 0 Å². The normalized spacial score (nSPS) is 17.6. The Balaban J connectivity index is 1.74. The van der Waals surface area contributed by atoms with Gasteiger partial charge >= 0.3 is 0 Å². The number of hydrogen-bond donors (Lipinski definition) is 1. The molecule has 0 saturated carbocycles. The number of halogens is 3. The molecule has 0 saturated heterocycles. The third kappa shape index (κ3) is 3.09. The van der Waals surface area contributed by atoms with Gasteiger partial charge in [0, 0.05) is 17.5 Å². The molecule has 2 aromatic carbocycles. The predicted molar refractivity (Wildman–Crippen MR) is 77.7 cm³/mol. The maximum Gasteiger partial charge on any atom is 0.194 e. The fraction of sp³-hybridized carbons (Fsp3) is 0.250. The van der Waals surface area contributed by atoms with Gasteiger partial charge in [0.2, 0.25) is 0 Å². The van der Waals surface area contributed by atoms with Crippen LogP contribution in [-0.4, -0.2) is 5.75 Å². The summed E-state index contributed by atoms with van der Waals surface area (Å²) in [4.78, 5) is 1.23. The number of thioether (sulfide) groups is 1. The zero-order valence-electron chi connectivity index (χ0n) is 11.2. The van der Waals surface area contributed by atoms with Crippen molar-refractivity contribution in [3.8, 4) is 0 Å². The van der Waals surface area contributed by atoms with Crippen molar-refractivity contribution in [2.24, 2.45) is 0 Å². The molecule has 1 heterocycles. The molecule has 0 bridgehead atoms. The number of fused-ring (bicyclic) bond motifs is 1. The zero-order valence-corrected chi connectivity index (χ0v) is 12.0. The Kier molecular flexibility index (Phi) is 4.22. The molecule has 1 N–H and O–H groups in total. The number of hydrogen-bond acceptors (Lipinski definition) is 2. The molecular formula is C16H14F3NS. The molecule has 1 nitrogen and oxygen atoms in total. The zero-order chi connectivity index (χ0) is 14.8. The summed E-state index contributed by atoms with van der Waals surface area (Å²) in [6.45, 7) is 0.303. The van der Waals surface area contributed by atoms with E-state index in [0.29, 0.717) is 12.1 Å². The minimum Gasteiger partial charge on any atom is -0.306 e. The molecule has 0 radical (unpaired) electrons. The van der Waals surface area contributed by atoms with Gasteiger partial charge in [-0.2, -0.15) is 0 Å². The minimum absolute atomic E-state index is 0.152. The third-order valence-corrected chi connectivity index (χ3v) is 4.68. The summed E-state index contributed by atoms with van der Waals surface area (Å²) < 4.78 is 39.3. The Hall–Kier alpha value is -1.46. The van der Waals surface area contributed by atoms with Crippen LogP contribution in [0, 0.1) is 17.5 Å². The lowest BCUT2D eigenvalue weighted by atomic mass is 10.0. The van der Waals surface area contributed by atoms with Crippen molar-refractivity contribution in [2.45, 2.75) is 23.9 Å². The van der Waals surface area contributed by atoms with E-state index in [-0.39, 0.29) is 6.04 Å². The molecule has 2 aromatic rings. The quantitative estimate of drug-likeness (QED) is 0.842. The topological polar surface area (TPSA) is 12.0 Å². The molecule has 0 aromatic heterocycles. The van der Waals surface area contributed by atoms with Crippen molar-refractivity contribution < 1.29 is 13.2 Å². The van der Waals surface area contributed by atoms with Crippen molar-refractivity contribution in [3.63, 3.8) is 0 Å². The number of nitrogens with one attached hydrogen (secondary N) is 1. The largest absolute Gasteiger partial charge is 0.306 e. The standard InChI is InChI=1S/C16H14F3NS/c17-12-7-10(8-13(18)16(12)19)9-20-14-5-6-21-15-4-2-1-3-11(14)15/h1-4,7-8,14,20H,5-6,9H2. The van der Waals surface area contributed by atoms with Gasteiger partial charge in [0.15, 0.2) is 17.5 Å². The first kappa shape index (κ1) is 14.5. The summed E-state index contributed by atoms with van der Waals surface area (Å²) in [5.74, 6) is -2.71. The van der Waals surface area contributed by atoms with E-state index in [9.17, 15) is 13.2 Å². The van der Waals surface area contributed by atoms with E-state index in [1.165, 1.54) is 10.5 Å². The second-order valence-corrected chi connectivity index (χ2v) is 6.12. The van der Waals surface area contributed by atoms with Gasteiger partial charge in [-0.3, -0.25) is 0 Å². The Morgan fingerprint density at radius 3 is 2.57 bits per heavy atom. The summed E-state index contributed by atoms with van der Waals surface area (Å²) in [6, 6.07) is 10.3. The van der Waals surface area contributed by atoms with E-state index in [0.717, 1.165) is 24.3 Å². The molecule has 0 fully saturated rings. The van der Waals surface area contributed by atoms with Crippen molar-refractivity contribution >= 4 is 11.8 Å². The summed E-state index contributed by atoms with van der Waals surface area (Å²) in [7, 11) is 0. The van der Waals surface area contributed by atoms with E-state index in [1.807, 2.05) is 23.9 Å². The Morgan fingerprint density at radius 1 is 1.10 bits per heavy atom. The Bertz CT molecular complexity index is 637. The van der Waals surface area contributed by atoms with Gasteiger partial charge in [-0.15, -0.1) is 11.8 Å². The summed E-state index contributed by atoms with van der Waals surface area (Å²) >= 11 is 1.81. The lowest BCUT2D eigenvalue weighted by Gasteiger charge is -2.26. The fourth-order valence-corrected chi connectivity index (χ4v) is 3.63. The number of benzene rings is 2. The molecule has 5 heteroatoms. The molecule has 1 atom stereocenters. The SMILES string of the molecule is Fc1cc(CNC2CCSc3ccccc32)cc(F)c1F. The average molecular weight is 309 g/mol. The highest BCUT2D eigenvalue weighted by Crippen LogP contribution is 2.35. The van der Waals surface area contributed by atoms with Gasteiger partial charge in [-0.05, 0) is 41.5 Å². The fourth-order valence-electron chi connectivity index (χ4n) is 2.51. The highest BCUT2D eigenvalue weighted by Gasteiger charge is 2.20. The Labute approximate surface area is 125 Å². The highest BCUT2D eigenvalue weighted by atomic mass is 32.2. The molecule has 1 aliphatic rings. The molecule has 0 amide bonds. The van der Waals surface area contributed by atoms with Crippen LogP contribution in [0.3, 0.4) is 0 Å². The highest BCUT2D eigenvalue weighted by molar-refractivity contribution is 7.99. The van der Waals surface area contributed by atoms with E-state index in [4.69, 9.17) is 0 Å². The average Bonchev–Trinajstić information content (AvgIpc) is 2.50. The van der Waals surface area contributed by atoms with Gasteiger partial charge in [0.05, 0.1) is 0 Å². The van der Waals surface area contributed by atoms with Gasteiger partial charge < -0.3 is 5.32 Å². The summed E-state index contributed by atoms with van der Waals surface area (Å²) in [6.07, 6.45) is 0.952. The minimum atomic E-state index is -1.42. The van der Waals surface area contributed by atoms with Crippen molar-refractivity contribution in [3.05, 3.63) is 65.0 Å². The summed E-state index contributed by atoms with van der Waals surface area (Å²) in [5, 5.41) is 3.30. The molecule has 110 valence electrons. The van der Waals surface area contributed by atoms with E-state index in [2.05, 4.69) is 17.4 Å². The summed E-state index contributed by atoms with van der Waals surface area (Å²) in [5.41, 5.74) is 1.61. The van der Waals surface area contributed by atoms with Crippen LogP contribution in [0.25, 0.3) is 0 Å². The molecule has 3 rings (SSSR count). The second kappa shape index (κ2) is 6.12. The van der Waals surface area contributed by atoms with Crippen molar-refractivity contribution in [2.75, 3.05) is 5.75 Å². The van der Waals surface area contributed by atoms with Gasteiger partial charge in [-0.1, -0.05) is 18.2 Å². The van der Waals surface area contributed by atoms with E-state index >= 15 is 0 Å². The van der Waals surface area contributed by atoms with Crippen molar-refractivity contribution in [1.29, 1.82) is 0 Å². The maximum atomic E-state index is 13.2. The first-order chi connectivity index (χ1) is 10.1. The van der Waals surface area contributed by atoms with Crippen LogP contribution in [0.2, 0.25) is 0 Å². The van der Waals surface area contributed by atoms with Gasteiger partial charge in [0.1, 0.15) is 0 Å². The monoisotopic (exact) mass is 309 g/mol. The van der Waals surface area contributed by atoms with Gasteiger partial charge in [-0.25, -0.2) is 13.2 Å². The van der Waals surface area contributed by atoms with Crippen molar-refractivity contribution in [1.82, 2.24) is 5.32 Å². The molecular weight excluding hydrogens is 295 g/mol. The van der Waals surface area contributed by atoms with E-state index < -0.39 is 17.5 Å². The third-order valence-electron chi connectivity index (χ3n) is 3.55. The molecule has 1 aliphatic heterocycles. The van der Waals surface area contributed by atoms with Crippen LogP contribution in [0.15, 0.2) is 41.3 Å². The first-order valence-electron chi connectivity index (χ1n) is 6.73. The van der Waals surface area contributed by atoms with Crippen LogP contribution in [0.4, 0.5) is 13.2 Å². The molecule has 0 spiro atoms. The smallest absolute Gasteiger partial charge is 0.194 e. The number of rotatable bonds is 3. The van der Waals surface area contributed by atoms with Crippen LogP contribution >= 0.6 is 11.8 Å². The van der Waals surface area contributed by atoms with Crippen LogP contribution in [0.1, 0.15) is 23.6 Å². The van der Waals surface area contributed by atoms with Crippen LogP contribution < -0.4 is 5.32 Å². The van der Waals surface area contributed by atoms with Gasteiger partial charge in [0.25, 0.3) is 0 Å². The van der Waals surface area contributed by atoms with Crippen LogP contribution in [0.5, 0.6) is 0 Å². The first-order valence-corrected chi connectivity index (χ1v) is 7.72. The Morgan fingerprint density at radius 2 is 1.81 bits per heavy atom. The second-order valence-electron chi connectivity index (χ2n) is 4.98. The predicted octanol–water partition coefficient (Wildman–Crippen LogP) is 4.43. The molecule has 1 unspecified atom stereocenters. The lowest BCUT2D eigenvalue weighted by Crippen LogP contribution is -2.24. The van der Waals surface area contributed by atoms with Crippen LogP contribution in [-0.2, 0) is 6.54 Å².